The maximum Gasteiger partial charge on any atom is 0.334 e. The Morgan fingerprint density at radius 2 is 2.17 bits per heavy atom. The van der Waals surface area contributed by atoms with Gasteiger partial charge >= 0.3 is 5.97 Å². The second kappa shape index (κ2) is 10.6. The van der Waals surface area contributed by atoms with Gasteiger partial charge < -0.3 is 9.47 Å². The molecule has 0 saturated heterocycles. The van der Waals surface area contributed by atoms with Crippen molar-refractivity contribution >= 4 is 23.4 Å². The van der Waals surface area contributed by atoms with Gasteiger partial charge in [0.15, 0.2) is 6.10 Å². The van der Waals surface area contributed by atoms with E-state index in [1.54, 1.807) is 11.3 Å². The van der Waals surface area contributed by atoms with E-state index in [2.05, 4.69) is 17.1 Å². The normalized spacial score (nSPS) is 17.2. The van der Waals surface area contributed by atoms with Gasteiger partial charge in [-0.2, -0.15) is 0 Å². The van der Waals surface area contributed by atoms with Crippen LogP contribution in [-0.4, -0.2) is 30.3 Å². The summed E-state index contributed by atoms with van der Waals surface area (Å²) in [7, 11) is 1.44. The number of methoxy groups -OCH3 is 1. The number of carbonyl (C=O) groups is 1. The van der Waals surface area contributed by atoms with Crippen LogP contribution in [0.3, 0.4) is 0 Å². The van der Waals surface area contributed by atoms with E-state index in [9.17, 15) is 4.79 Å². The lowest BCUT2D eigenvalue weighted by atomic mass is 9.97. The Morgan fingerprint density at radius 1 is 1.38 bits per heavy atom. The molecule has 24 heavy (non-hydrogen) atoms. The average molecular weight is 352 g/mol. The number of esters is 1. The number of thiazole rings is 1. The molecule has 0 spiro atoms. The minimum Gasteiger partial charge on any atom is -0.467 e. The molecular weight excluding hydrogens is 322 g/mol. The zero-order chi connectivity index (χ0) is 17.2. The van der Waals surface area contributed by atoms with E-state index >= 15 is 0 Å². The fourth-order valence-electron chi connectivity index (χ4n) is 3.06. The standard InChI is InChI=1S/C19H29NO3S/c1-15-18(24-14-20-15)13-9-4-3-8-12-17(19(21)22-2)23-16-10-6-5-7-11-16/h9,13-14,16-17H,3-8,10-12H2,1-2H3. The maximum absolute atomic E-state index is 11.9. The fraction of sp³-hybridized carbons (Fsp3) is 0.684. The zero-order valence-electron chi connectivity index (χ0n) is 14.8. The number of aromatic nitrogens is 1. The molecule has 0 aliphatic heterocycles. The Balaban J connectivity index is 1.69. The van der Waals surface area contributed by atoms with Gasteiger partial charge in [0.25, 0.3) is 0 Å². The van der Waals surface area contributed by atoms with Gasteiger partial charge in [-0.3, -0.25) is 0 Å². The van der Waals surface area contributed by atoms with Crippen molar-refractivity contribution in [2.24, 2.45) is 0 Å². The van der Waals surface area contributed by atoms with E-state index in [4.69, 9.17) is 9.47 Å². The van der Waals surface area contributed by atoms with Crippen LogP contribution >= 0.6 is 11.3 Å². The van der Waals surface area contributed by atoms with Crippen LogP contribution in [-0.2, 0) is 14.3 Å². The molecule has 0 N–H and O–H groups in total. The second-order valence-electron chi connectivity index (χ2n) is 6.40. The summed E-state index contributed by atoms with van der Waals surface area (Å²) in [6.07, 6.45) is 13.8. The summed E-state index contributed by atoms with van der Waals surface area (Å²) >= 11 is 1.67. The van der Waals surface area contributed by atoms with Crippen molar-refractivity contribution in [3.8, 4) is 0 Å². The van der Waals surface area contributed by atoms with E-state index in [-0.39, 0.29) is 12.1 Å². The lowest BCUT2D eigenvalue weighted by Crippen LogP contribution is -2.31. The van der Waals surface area contributed by atoms with Crippen molar-refractivity contribution in [3.63, 3.8) is 0 Å². The number of allylic oxidation sites excluding steroid dienone is 1. The molecule has 1 aliphatic rings. The fourth-order valence-corrected chi connectivity index (χ4v) is 3.78. The Hall–Kier alpha value is -1.20. The summed E-state index contributed by atoms with van der Waals surface area (Å²) in [4.78, 5) is 17.4. The summed E-state index contributed by atoms with van der Waals surface area (Å²) in [5.41, 5.74) is 2.96. The summed E-state index contributed by atoms with van der Waals surface area (Å²) in [6.45, 7) is 2.03. The van der Waals surface area contributed by atoms with Crippen LogP contribution in [0, 0.1) is 6.92 Å². The molecule has 1 fully saturated rings. The smallest absolute Gasteiger partial charge is 0.334 e. The van der Waals surface area contributed by atoms with Crippen molar-refractivity contribution in [1.82, 2.24) is 4.98 Å². The molecule has 1 heterocycles. The first-order chi connectivity index (χ1) is 11.7. The van der Waals surface area contributed by atoms with Crippen LogP contribution in [0.15, 0.2) is 11.6 Å². The molecule has 2 rings (SSSR count). The lowest BCUT2D eigenvalue weighted by Gasteiger charge is -2.26. The molecule has 4 nitrogen and oxygen atoms in total. The molecule has 1 atom stereocenters. The predicted octanol–water partition coefficient (Wildman–Crippen LogP) is 4.92. The van der Waals surface area contributed by atoms with Crippen molar-refractivity contribution in [2.45, 2.75) is 76.9 Å². The molecule has 1 unspecified atom stereocenters. The minimum absolute atomic E-state index is 0.226. The monoisotopic (exact) mass is 351 g/mol. The van der Waals surface area contributed by atoms with Crippen LogP contribution in [0.25, 0.3) is 6.08 Å². The largest absolute Gasteiger partial charge is 0.467 e. The first kappa shape index (κ1) is 19.1. The van der Waals surface area contributed by atoms with Gasteiger partial charge in [-0.15, -0.1) is 11.3 Å². The van der Waals surface area contributed by atoms with Crippen molar-refractivity contribution in [2.75, 3.05) is 7.11 Å². The average Bonchev–Trinajstić information content (AvgIpc) is 3.02. The number of nitrogens with zero attached hydrogens (tertiary/aromatic N) is 1. The molecular formula is C19H29NO3S. The quantitative estimate of drug-likeness (QED) is 0.468. The van der Waals surface area contributed by atoms with Gasteiger partial charge in [-0.25, -0.2) is 9.78 Å². The maximum atomic E-state index is 11.9. The number of rotatable bonds is 9. The highest BCUT2D eigenvalue weighted by Crippen LogP contribution is 2.23. The number of hydrogen-bond acceptors (Lipinski definition) is 5. The summed E-state index contributed by atoms with van der Waals surface area (Å²) in [5.74, 6) is -0.226. The van der Waals surface area contributed by atoms with Crippen molar-refractivity contribution in [1.29, 1.82) is 0 Å². The first-order valence-electron chi connectivity index (χ1n) is 9.00. The molecule has 134 valence electrons. The Labute approximate surface area is 149 Å². The van der Waals surface area contributed by atoms with Crippen molar-refractivity contribution < 1.29 is 14.3 Å². The van der Waals surface area contributed by atoms with Crippen LogP contribution in [0.1, 0.15) is 68.4 Å². The molecule has 0 bridgehead atoms. The Morgan fingerprint density at radius 3 is 2.83 bits per heavy atom. The summed E-state index contributed by atoms with van der Waals surface area (Å²) in [6, 6.07) is 0. The summed E-state index contributed by atoms with van der Waals surface area (Å²) in [5, 5.41) is 0. The highest BCUT2D eigenvalue weighted by atomic mass is 32.1. The van der Waals surface area contributed by atoms with Crippen LogP contribution < -0.4 is 0 Å². The van der Waals surface area contributed by atoms with Crippen LogP contribution in [0.4, 0.5) is 0 Å². The number of carbonyl (C=O) groups excluding carboxylic acids is 1. The predicted molar refractivity (Wildman–Crippen MR) is 98.1 cm³/mol. The third-order valence-electron chi connectivity index (χ3n) is 4.51. The van der Waals surface area contributed by atoms with E-state index < -0.39 is 6.10 Å². The second-order valence-corrected chi connectivity index (χ2v) is 7.28. The molecule has 1 aromatic rings. The van der Waals surface area contributed by atoms with Gasteiger partial charge in [0.2, 0.25) is 0 Å². The molecule has 0 radical (unpaired) electrons. The zero-order valence-corrected chi connectivity index (χ0v) is 15.6. The minimum atomic E-state index is -0.397. The van der Waals surface area contributed by atoms with Crippen LogP contribution in [0.2, 0.25) is 0 Å². The molecule has 0 aromatic carbocycles. The topological polar surface area (TPSA) is 48.4 Å². The van der Waals surface area contributed by atoms with E-state index in [1.165, 1.54) is 31.2 Å². The van der Waals surface area contributed by atoms with E-state index in [0.717, 1.165) is 44.2 Å². The Bertz CT molecular complexity index is 520. The van der Waals surface area contributed by atoms with Crippen molar-refractivity contribution in [3.05, 3.63) is 22.2 Å². The highest BCUT2D eigenvalue weighted by molar-refractivity contribution is 7.10. The number of aryl methyl sites for hydroxylation is 1. The van der Waals surface area contributed by atoms with Crippen LogP contribution in [0.5, 0.6) is 0 Å². The highest BCUT2D eigenvalue weighted by Gasteiger charge is 2.24. The van der Waals surface area contributed by atoms with E-state index in [1.807, 2.05) is 12.4 Å². The van der Waals surface area contributed by atoms with Gasteiger partial charge in [-0.1, -0.05) is 25.3 Å². The molecule has 5 heteroatoms. The van der Waals surface area contributed by atoms with Gasteiger partial charge in [0.05, 0.1) is 24.4 Å². The molecule has 1 saturated carbocycles. The van der Waals surface area contributed by atoms with Gasteiger partial charge in [0, 0.05) is 4.88 Å². The molecule has 1 aromatic heterocycles. The van der Waals surface area contributed by atoms with E-state index in [0.29, 0.717) is 0 Å². The third kappa shape index (κ3) is 6.36. The Kier molecular flexibility index (Phi) is 8.47. The lowest BCUT2D eigenvalue weighted by molar-refractivity contribution is -0.160. The number of hydrogen-bond donors (Lipinski definition) is 0. The number of unbranched alkanes of at least 4 members (excludes halogenated alkanes) is 2. The molecule has 0 amide bonds. The number of ether oxygens (including phenoxy) is 2. The SMILES string of the molecule is COC(=O)C(CCCCC=Cc1scnc1C)OC1CCCCC1. The first-order valence-corrected chi connectivity index (χ1v) is 9.88. The van der Waals surface area contributed by atoms with Gasteiger partial charge in [0.1, 0.15) is 0 Å². The summed E-state index contributed by atoms with van der Waals surface area (Å²) < 4.78 is 10.9. The third-order valence-corrected chi connectivity index (χ3v) is 5.41. The molecule has 1 aliphatic carbocycles. The van der Waals surface area contributed by atoms with Gasteiger partial charge in [-0.05, 0) is 51.5 Å².